The van der Waals surface area contributed by atoms with Crippen molar-refractivity contribution in [3.63, 3.8) is 0 Å². The summed E-state index contributed by atoms with van der Waals surface area (Å²) in [6, 6.07) is 23.1. The van der Waals surface area contributed by atoms with Crippen molar-refractivity contribution >= 4 is 5.91 Å². The summed E-state index contributed by atoms with van der Waals surface area (Å²) >= 11 is 0. The SMILES string of the molecule is COc1ccccc1Oc1c(CN(C[C@H]2CCCO2)C(=O)c2ccccc2F)c(-c2ccccc2)nn1C. The largest absolute Gasteiger partial charge is 0.493 e. The zero-order valence-corrected chi connectivity index (χ0v) is 21.5. The number of ether oxygens (including phenoxy) is 3. The number of para-hydroxylation sites is 2. The molecule has 2 heterocycles. The maximum absolute atomic E-state index is 14.7. The molecular weight excluding hydrogens is 485 g/mol. The van der Waals surface area contributed by atoms with E-state index in [1.54, 1.807) is 35.9 Å². The number of benzene rings is 3. The van der Waals surface area contributed by atoms with Crippen LogP contribution in [0.4, 0.5) is 4.39 Å². The number of carbonyl (C=O) groups excluding carboxylic acids is 1. The maximum atomic E-state index is 14.7. The van der Waals surface area contributed by atoms with Gasteiger partial charge in [0.2, 0.25) is 5.88 Å². The van der Waals surface area contributed by atoms with Gasteiger partial charge in [-0.2, -0.15) is 5.10 Å². The van der Waals surface area contributed by atoms with Crippen molar-refractivity contribution in [1.29, 1.82) is 0 Å². The van der Waals surface area contributed by atoms with Crippen molar-refractivity contribution in [3.05, 3.63) is 95.8 Å². The average molecular weight is 516 g/mol. The second kappa shape index (κ2) is 11.5. The number of hydrogen-bond donors (Lipinski definition) is 0. The molecule has 196 valence electrons. The van der Waals surface area contributed by atoms with Crippen LogP contribution in [0.15, 0.2) is 78.9 Å². The van der Waals surface area contributed by atoms with E-state index in [0.29, 0.717) is 41.8 Å². The number of aromatic nitrogens is 2. The van der Waals surface area contributed by atoms with Gasteiger partial charge in [-0.25, -0.2) is 9.07 Å². The number of nitrogens with zero attached hydrogens (tertiary/aromatic N) is 3. The normalized spacial score (nSPS) is 14.9. The third kappa shape index (κ3) is 5.40. The molecule has 0 unspecified atom stereocenters. The van der Waals surface area contributed by atoms with Gasteiger partial charge in [0.1, 0.15) is 11.5 Å². The quantitative estimate of drug-likeness (QED) is 0.280. The Morgan fingerprint density at radius 1 is 1.05 bits per heavy atom. The lowest BCUT2D eigenvalue weighted by Gasteiger charge is -2.26. The molecule has 1 amide bonds. The third-order valence-electron chi connectivity index (χ3n) is 6.60. The van der Waals surface area contributed by atoms with E-state index in [9.17, 15) is 9.18 Å². The topological polar surface area (TPSA) is 65.8 Å². The lowest BCUT2D eigenvalue weighted by atomic mass is 10.1. The van der Waals surface area contributed by atoms with E-state index in [2.05, 4.69) is 0 Å². The number of methoxy groups -OCH3 is 1. The Hall–Kier alpha value is -4.17. The number of hydrogen-bond acceptors (Lipinski definition) is 5. The average Bonchev–Trinajstić information content (AvgIpc) is 3.57. The van der Waals surface area contributed by atoms with Crippen LogP contribution in [0.5, 0.6) is 17.4 Å². The molecule has 5 rings (SSSR count). The van der Waals surface area contributed by atoms with Crippen molar-refractivity contribution in [2.24, 2.45) is 7.05 Å². The number of amides is 1. The van der Waals surface area contributed by atoms with Crippen LogP contribution in [0, 0.1) is 5.82 Å². The fraction of sp³-hybridized carbons (Fsp3) is 0.267. The van der Waals surface area contributed by atoms with E-state index >= 15 is 0 Å². The zero-order valence-electron chi connectivity index (χ0n) is 21.5. The van der Waals surface area contributed by atoms with Gasteiger partial charge in [0.15, 0.2) is 11.5 Å². The Labute approximate surface area is 221 Å². The van der Waals surface area contributed by atoms with Gasteiger partial charge >= 0.3 is 0 Å². The van der Waals surface area contributed by atoms with Gasteiger partial charge in [-0.3, -0.25) is 4.79 Å². The Balaban J connectivity index is 1.59. The van der Waals surface area contributed by atoms with Crippen molar-refractivity contribution in [3.8, 4) is 28.6 Å². The Kier molecular flexibility index (Phi) is 7.70. The van der Waals surface area contributed by atoms with Gasteiger partial charge in [0.05, 0.1) is 30.9 Å². The molecule has 0 aliphatic carbocycles. The first-order chi connectivity index (χ1) is 18.5. The lowest BCUT2D eigenvalue weighted by molar-refractivity contribution is 0.0502. The van der Waals surface area contributed by atoms with Gasteiger partial charge in [-0.05, 0) is 37.1 Å². The lowest BCUT2D eigenvalue weighted by Crippen LogP contribution is -2.37. The van der Waals surface area contributed by atoms with Crippen LogP contribution < -0.4 is 9.47 Å². The molecule has 1 aromatic heterocycles. The summed E-state index contributed by atoms with van der Waals surface area (Å²) in [5.74, 6) is 0.580. The molecule has 1 atom stereocenters. The second-order valence-corrected chi connectivity index (χ2v) is 9.18. The molecule has 4 aromatic rings. The number of aryl methyl sites for hydroxylation is 1. The number of rotatable bonds is 9. The summed E-state index contributed by atoms with van der Waals surface area (Å²) in [6.45, 7) is 1.12. The summed E-state index contributed by atoms with van der Waals surface area (Å²) in [5.41, 5.74) is 2.27. The summed E-state index contributed by atoms with van der Waals surface area (Å²) < 4.78 is 34.1. The van der Waals surface area contributed by atoms with Crippen molar-refractivity contribution in [2.45, 2.75) is 25.5 Å². The highest BCUT2D eigenvalue weighted by Crippen LogP contribution is 2.37. The van der Waals surface area contributed by atoms with Crippen molar-refractivity contribution < 1.29 is 23.4 Å². The molecule has 7 nitrogen and oxygen atoms in total. The van der Waals surface area contributed by atoms with Crippen LogP contribution in [-0.2, 0) is 18.3 Å². The van der Waals surface area contributed by atoms with Gasteiger partial charge < -0.3 is 19.1 Å². The second-order valence-electron chi connectivity index (χ2n) is 9.18. The summed E-state index contributed by atoms with van der Waals surface area (Å²) in [4.78, 5) is 15.4. The van der Waals surface area contributed by atoms with E-state index < -0.39 is 11.7 Å². The van der Waals surface area contributed by atoms with Crippen LogP contribution in [0.1, 0.15) is 28.8 Å². The molecular formula is C30H30FN3O4. The standard InChI is InChI=1S/C30H30FN3O4/c1-33-30(38-27-17-9-8-16-26(27)36-2)24(28(32-33)21-11-4-3-5-12-21)20-34(19-22-13-10-18-37-22)29(35)23-14-6-7-15-25(23)31/h3-9,11-12,14-17,22H,10,13,18-20H2,1-2H3/t22-/m1/s1. The molecule has 0 saturated carbocycles. The van der Waals surface area contributed by atoms with E-state index in [-0.39, 0.29) is 18.2 Å². The molecule has 0 spiro atoms. The molecule has 1 fully saturated rings. The van der Waals surface area contributed by atoms with Crippen LogP contribution in [-0.4, -0.2) is 47.0 Å². The Bertz CT molecular complexity index is 1400. The zero-order chi connectivity index (χ0) is 26.5. The van der Waals surface area contributed by atoms with Gasteiger partial charge in [0, 0.05) is 25.8 Å². The number of carbonyl (C=O) groups is 1. The van der Waals surface area contributed by atoms with E-state index in [1.165, 1.54) is 12.1 Å². The predicted molar refractivity (Wildman–Crippen MR) is 142 cm³/mol. The van der Waals surface area contributed by atoms with E-state index in [4.69, 9.17) is 19.3 Å². The predicted octanol–water partition coefficient (Wildman–Crippen LogP) is 5.85. The molecule has 8 heteroatoms. The van der Waals surface area contributed by atoms with Crippen LogP contribution in [0.3, 0.4) is 0 Å². The van der Waals surface area contributed by atoms with E-state index in [1.807, 2.05) is 54.6 Å². The summed E-state index contributed by atoms with van der Waals surface area (Å²) in [5, 5.41) is 4.77. The molecule has 1 aliphatic heterocycles. The number of halogens is 1. The van der Waals surface area contributed by atoms with Crippen LogP contribution >= 0.6 is 0 Å². The van der Waals surface area contributed by atoms with Crippen molar-refractivity contribution in [1.82, 2.24) is 14.7 Å². The fourth-order valence-electron chi connectivity index (χ4n) is 4.71. The minimum absolute atomic E-state index is 0.0165. The molecule has 1 saturated heterocycles. The minimum Gasteiger partial charge on any atom is -0.493 e. The molecule has 1 aliphatic rings. The molecule has 0 bridgehead atoms. The minimum atomic E-state index is -0.560. The van der Waals surface area contributed by atoms with Gasteiger partial charge in [-0.1, -0.05) is 54.6 Å². The Morgan fingerprint density at radius 3 is 2.47 bits per heavy atom. The first-order valence-corrected chi connectivity index (χ1v) is 12.6. The highest BCUT2D eigenvalue weighted by Gasteiger charge is 2.29. The Morgan fingerprint density at radius 2 is 1.76 bits per heavy atom. The van der Waals surface area contributed by atoms with Gasteiger partial charge in [-0.15, -0.1) is 0 Å². The highest BCUT2D eigenvalue weighted by molar-refractivity contribution is 5.94. The van der Waals surface area contributed by atoms with Crippen LogP contribution in [0.2, 0.25) is 0 Å². The molecule has 0 radical (unpaired) electrons. The van der Waals surface area contributed by atoms with Crippen molar-refractivity contribution in [2.75, 3.05) is 20.3 Å². The third-order valence-corrected chi connectivity index (χ3v) is 6.60. The molecule has 3 aromatic carbocycles. The first kappa shape index (κ1) is 25.5. The van der Waals surface area contributed by atoms with Crippen LogP contribution in [0.25, 0.3) is 11.3 Å². The summed E-state index contributed by atoms with van der Waals surface area (Å²) in [7, 11) is 3.38. The monoisotopic (exact) mass is 515 g/mol. The van der Waals surface area contributed by atoms with Gasteiger partial charge in [0.25, 0.3) is 5.91 Å². The highest BCUT2D eigenvalue weighted by atomic mass is 19.1. The van der Waals surface area contributed by atoms with E-state index in [0.717, 1.165) is 18.4 Å². The fourth-order valence-corrected chi connectivity index (χ4v) is 4.71. The first-order valence-electron chi connectivity index (χ1n) is 12.6. The molecule has 0 N–H and O–H groups in total. The smallest absolute Gasteiger partial charge is 0.257 e. The maximum Gasteiger partial charge on any atom is 0.257 e. The molecule has 38 heavy (non-hydrogen) atoms. The summed E-state index contributed by atoms with van der Waals surface area (Å²) in [6.07, 6.45) is 1.64.